The van der Waals surface area contributed by atoms with Gasteiger partial charge in [-0.1, -0.05) is 35.6 Å². The maximum Gasteiger partial charge on any atom is 0.260 e. The summed E-state index contributed by atoms with van der Waals surface area (Å²) in [4.78, 5) is 12.1. The van der Waals surface area contributed by atoms with E-state index in [2.05, 4.69) is 17.2 Å². The summed E-state index contributed by atoms with van der Waals surface area (Å²) in [6.45, 7) is 0.251. The quantitative estimate of drug-likeness (QED) is 0.838. The molecule has 0 aliphatic heterocycles. The zero-order valence-corrected chi connectivity index (χ0v) is 11.7. The van der Waals surface area contributed by atoms with Crippen molar-refractivity contribution in [3.8, 4) is 11.8 Å². The number of hydrogen-bond donors (Lipinski definition) is 2. The van der Waals surface area contributed by atoms with Crippen molar-refractivity contribution in [2.45, 2.75) is 0 Å². The van der Waals surface area contributed by atoms with Gasteiger partial charge in [0.2, 0.25) is 0 Å². The number of carbonyl (C=O) groups is 1. The first-order valence-corrected chi connectivity index (χ1v) is 6.54. The van der Waals surface area contributed by atoms with E-state index < -0.39 is 11.7 Å². The molecule has 5 heteroatoms. The Kier molecular flexibility index (Phi) is 4.94. The number of benzene rings is 2. The Morgan fingerprint density at radius 2 is 2.05 bits per heavy atom. The van der Waals surface area contributed by atoms with Gasteiger partial charge < -0.3 is 11.1 Å². The van der Waals surface area contributed by atoms with Crippen LogP contribution >= 0.6 is 11.6 Å². The first-order chi connectivity index (χ1) is 10.1. The van der Waals surface area contributed by atoms with Crippen molar-refractivity contribution in [1.82, 2.24) is 0 Å². The standard InChI is InChI=1S/C16H12ClFN2O/c17-13-7-2-8-14(18)15(13)16(21)20-12-6-1-4-11(10-12)5-3-9-19/h1-2,4,6-8,10H,9,19H2,(H,20,21). The van der Waals surface area contributed by atoms with Crippen LogP contribution in [-0.4, -0.2) is 12.5 Å². The van der Waals surface area contributed by atoms with Crippen LogP contribution in [0.5, 0.6) is 0 Å². The van der Waals surface area contributed by atoms with Gasteiger partial charge in [0.1, 0.15) is 5.82 Å². The molecule has 0 unspecified atom stereocenters. The molecule has 0 radical (unpaired) electrons. The lowest BCUT2D eigenvalue weighted by molar-refractivity contribution is 0.102. The molecule has 0 spiro atoms. The summed E-state index contributed by atoms with van der Waals surface area (Å²) in [7, 11) is 0. The van der Waals surface area contributed by atoms with Crippen molar-refractivity contribution >= 4 is 23.2 Å². The second-order valence-corrected chi connectivity index (χ2v) is 4.54. The molecule has 1 amide bonds. The lowest BCUT2D eigenvalue weighted by atomic mass is 10.1. The highest BCUT2D eigenvalue weighted by Crippen LogP contribution is 2.20. The molecule has 0 bridgehead atoms. The second kappa shape index (κ2) is 6.89. The van der Waals surface area contributed by atoms with Crippen LogP contribution in [0.2, 0.25) is 5.02 Å². The van der Waals surface area contributed by atoms with E-state index in [1.54, 1.807) is 24.3 Å². The van der Waals surface area contributed by atoms with Gasteiger partial charge in [-0.25, -0.2) is 4.39 Å². The zero-order chi connectivity index (χ0) is 15.2. The molecule has 2 rings (SSSR count). The van der Waals surface area contributed by atoms with Crippen LogP contribution in [0.4, 0.5) is 10.1 Å². The second-order valence-electron chi connectivity index (χ2n) is 4.14. The van der Waals surface area contributed by atoms with Crippen molar-refractivity contribution in [3.05, 3.63) is 64.4 Å². The van der Waals surface area contributed by atoms with E-state index in [4.69, 9.17) is 17.3 Å². The summed E-state index contributed by atoms with van der Waals surface area (Å²) < 4.78 is 13.7. The summed E-state index contributed by atoms with van der Waals surface area (Å²) in [6, 6.07) is 11.0. The molecule has 0 fully saturated rings. The third kappa shape index (κ3) is 3.82. The van der Waals surface area contributed by atoms with E-state index >= 15 is 0 Å². The summed E-state index contributed by atoms with van der Waals surface area (Å²) in [6.07, 6.45) is 0. The van der Waals surface area contributed by atoms with Gasteiger partial charge in [0.15, 0.2) is 0 Å². The van der Waals surface area contributed by atoms with Gasteiger partial charge in [0.25, 0.3) is 5.91 Å². The topological polar surface area (TPSA) is 55.1 Å². The fraction of sp³-hybridized carbons (Fsp3) is 0.0625. The van der Waals surface area contributed by atoms with Gasteiger partial charge >= 0.3 is 0 Å². The van der Waals surface area contributed by atoms with Gasteiger partial charge in [0, 0.05) is 11.3 Å². The number of nitrogens with two attached hydrogens (primary N) is 1. The Labute approximate surface area is 126 Å². The number of amides is 1. The summed E-state index contributed by atoms with van der Waals surface area (Å²) in [5.41, 5.74) is 6.33. The predicted molar refractivity (Wildman–Crippen MR) is 81.7 cm³/mol. The van der Waals surface area contributed by atoms with E-state index in [1.165, 1.54) is 18.2 Å². The highest BCUT2D eigenvalue weighted by atomic mass is 35.5. The molecule has 0 aromatic heterocycles. The monoisotopic (exact) mass is 302 g/mol. The Morgan fingerprint density at radius 3 is 2.76 bits per heavy atom. The molecule has 0 aliphatic carbocycles. The minimum absolute atomic E-state index is 0.0616. The van der Waals surface area contributed by atoms with Crippen molar-refractivity contribution in [2.24, 2.45) is 5.73 Å². The van der Waals surface area contributed by atoms with E-state index in [1.807, 2.05) is 0 Å². The number of anilines is 1. The van der Waals surface area contributed by atoms with Gasteiger partial charge in [-0.05, 0) is 30.3 Å². The maximum absolute atomic E-state index is 13.7. The highest BCUT2D eigenvalue weighted by molar-refractivity contribution is 6.34. The Balaban J connectivity index is 2.24. The average Bonchev–Trinajstić information content (AvgIpc) is 2.45. The average molecular weight is 303 g/mol. The normalized spacial score (nSPS) is 9.67. The van der Waals surface area contributed by atoms with Crippen LogP contribution in [0.1, 0.15) is 15.9 Å². The molecule has 0 atom stereocenters. The molecule has 21 heavy (non-hydrogen) atoms. The number of nitrogens with one attached hydrogen (secondary N) is 1. The third-order valence-electron chi connectivity index (χ3n) is 2.65. The fourth-order valence-corrected chi connectivity index (χ4v) is 1.98. The van der Waals surface area contributed by atoms with Gasteiger partial charge in [0.05, 0.1) is 17.1 Å². The lowest BCUT2D eigenvalue weighted by Gasteiger charge is -2.08. The largest absolute Gasteiger partial charge is 0.322 e. The molecule has 2 aromatic rings. The van der Waals surface area contributed by atoms with Gasteiger partial charge in [-0.2, -0.15) is 0 Å². The molecular formula is C16H12ClFN2O. The molecular weight excluding hydrogens is 291 g/mol. The van der Waals surface area contributed by atoms with Crippen LogP contribution in [0, 0.1) is 17.7 Å². The Bertz CT molecular complexity index is 714. The molecule has 106 valence electrons. The van der Waals surface area contributed by atoms with Crippen molar-refractivity contribution in [1.29, 1.82) is 0 Å². The number of halogens is 2. The van der Waals surface area contributed by atoms with E-state index in [0.29, 0.717) is 11.3 Å². The summed E-state index contributed by atoms with van der Waals surface area (Å²) in [5, 5.41) is 2.66. The molecule has 0 saturated carbocycles. The van der Waals surface area contributed by atoms with E-state index in [0.717, 1.165) is 0 Å². The predicted octanol–water partition coefficient (Wildman–Crippen LogP) is 3.04. The van der Waals surface area contributed by atoms with Gasteiger partial charge in [-0.15, -0.1) is 0 Å². The fourth-order valence-electron chi connectivity index (χ4n) is 1.74. The van der Waals surface area contributed by atoms with Crippen LogP contribution < -0.4 is 11.1 Å². The molecule has 3 nitrogen and oxygen atoms in total. The number of hydrogen-bond acceptors (Lipinski definition) is 2. The minimum Gasteiger partial charge on any atom is -0.322 e. The zero-order valence-electron chi connectivity index (χ0n) is 11.0. The smallest absolute Gasteiger partial charge is 0.260 e. The van der Waals surface area contributed by atoms with Crippen molar-refractivity contribution in [2.75, 3.05) is 11.9 Å². The molecule has 0 saturated heterocycles. The van der Waals surface area contributed by atoms with Crippen LogP contribution in [0.25, 0.3) is 0 Å². The SMILES string of the molecule is NCC#Cc1cccc(NC(=O)c2c(F)cccc2Cl)c1. The number of rotatable bonds is 2. The lowest BCUT2D eigenvalue weighted by Crippen LogP contribution is -2.14. The molecule has 3 N–H and O–H groups in total. The third-order valence-corrected chi connectivity index (χ3v) is 2.96. The van der Waals surface area contributed by atoms with E-state index in [-0.39, 0.29) is 17.1 Å². The maximum atomic E-state index is 13.7. The van der Waals surface area contributed by atoms with Crippen LogP contribution in [-0.2, 0) is 0 Å². The minimum atomic E-state index is -0.668. The highest BCUT2D eigenvalue weighted by Gasteiger charge is 2.15. The first-order valence-electron chi connectivity index (χ1n) is 6.16. The summed E-state index contributed by atoms with van der Waals surface area (Å²) in [5.74, 6) is 4.30. The van der Waals surface area contributed by atoms with E-state index in [9.17, 15) is 9.18 Å². The molecule has 0 aliphatic rings. The van der Waals surface area contributed by atoms with Crippen LogP contribution in [0.3, 0.4) is 0 Å². The first kappa shape index (κ1) is 15.0. The molecule has 0 heterocycles. The Hall–Kier alpha value is -2.35. The van der Waals surface area contributed by atoms with Crippen molar-refractivity contribution in [3.63, 3.8) is 0 Å². The van der Waals surface area contributed by atoms with Crippen LogP contribution in [0.15, 0.2) is 42.5 Å². The van der Waals surface area contributed by atoms with Gasteiger partial charge in [-0.3, -0.25) is 4.79 Å². The Morgan fingerprint density at radius 1 is 1.29 bits per heavy atom. The van der Waals surface area contributed by atoms with Crippen molar-refractivity contribution < 1.29 is 9.18 Å². The summed E-state index contributed by atoms with van der Waals surface area (Å²) >= 11 is 5.85. The molecule has 2 aromatic carbocycles. The number of carbonyl (C=O) groups excluding carboxylic acids is 1.